The Morgan fingerprint density at radius 2 is 1.25 bits per heavy atom. The van der Waals surface area contributed by atoms with Crippen molar-refractivity contribution in [2.45, 2.75) is 110 Å². The van der Waals surface area contributed by atoms with E-state index in [-0.39, 0.29) is 0 Å². The summed E-state index contributed by atoms with van der Waals surface area (Å²) in [5.74, 6) is 0.938. The molecule has 196 valence electrons. The van der Waals surface area contributed by atoms with Crippen LogP contribution in [0.3, 0.4) is 0 Å². The van der Waals surface area contributed by atoms with Gasteiger partial charge in [-0.2, -0.15) is 0 Å². The maximum absolute atomic E-state index is 5.93. The lowest BCUT2D eigenvalue weighted by molar-refractivity contribution is 0.304. The molecular weight excluding hydrogens is 460 g/mol. The number of hydrogen-bond acceptors (Lipinski definition) is 4. The summed E-state index contributed by atoms with van der Waals surface area (Å²) in [6.07, 6.45) is 24.2. The van der Waals surface area contributed by atoms with E-state index in [2.05, 4.69) is 35.1 Å². The Balaban J connectivity index is 1.14. The van der Waals surface area contributed by atoms with Crippen LogP contribution in [0.2, 0.25) is 0 Å². The van der Waals surface area contributed by atoms with Gasteiger partial charge in [0, 0.05) is 6.21 Å². The minimum atomic E-state index is 0.792. The molecule has 3 rings (SSSR count). The first-order valence-corrected chi connectivity index (χ1v) is 15.3. The van der Waals surface area contributed by atoms with Crippen molar-refractivity contribution in [2.75, 3.05) is 6.61 Å². The molecule has 1 aromatic heterocycles. The van der Waals surface area contributed by atoms with Crippen LogP contribution in [0.25, 0.3) is 10.2 Å². The second kappa shape index (κ2) is 18.1. The van der Waals surface area contributed by atoms with Gasteiger partial charge in [-0.3, -0.25) is 0 Å². The fraction of sp³-hybridized carbons (Fsp3) is 0.562. The highest BCUT2D eigenvalue weighted by Crippen LogP contribution is 2.27. The summed E-state index contributed by atoms with van der Waals surface area (Å²) >= 11 is 1.61. The lowest BCUT2D eigenvalue weighted by atomic mass is 10.0. The van der Waals surface area contributed by atoms with Crippen LogP contribution >= 0.6 is 11.3 Å². The van der Waals surface area contributed by atoms with E-state index in [1.807, 2.05) is 36.5 Å². The number of thiazole rings is 1. The average Bonchev–Trinajstić information content (AvgIpc) is 3.33. The van der Waals surface area contributed by atoms with Crippen LogP contribution in [-0.4, -0.2) is 17.8 Å². The highest BCUT2D eigenvalue weighted by atomic mass is 32.1. The Hall–Kier alpha value is -2.20. The van der Waals surface area contributed by atoms with Gasteiger partial charge in [-0.05, 0) is 48.4 Å². The minimum Gasteiger partial charge on any atom is -0.494 e. The first kappa shape index (κ1) is 28.4. The SMILES string of the molecule is CCCCCCCCCCCCCCCCCCOc1ccc(/C=N/c2nc3ccccc3s2)cc1. The first-order valence-electron chi connectivity index (χ1n) is 14.5. The van der Waals surface area contributed by atoms with Crippen molar-refractivity contribution in [1.29, 1.82) is 0 Å². The first-order chi connectivity index (χ1) is 17.8. The third kappa shape index (κ3) is 11.7. The van der Waals surface area contributed by atoms with E-state index in [0.717, 1.165) is 35.0 Å². The summed E-state index contributed by atoms with van der Waals surface area (Å²) in [5, 5.41) is 0.792. The standard InChI is InChI=1S/C32H46N2OS/c1-2-3-4-5-6-7-8-9-10-11-12-13-14-15-16-19-26-35-29-24-22-28(23-25-29)27-33-32-34-30-20-17-18-21-31(30)36-32/h17-18,20-25,27H,2-16,19,26H2,1H3/b33-27+. The van der Waals surface area contributed by atoms with Gasteiger partial charge < -0.3 is 4.74 Å². The monoisotopic (exact) mass is 506 g/mol. The molecule has 0 radical (unpaired) electrons. The zero-order chi connectivity index (χ0) is 25.1. The summed E-state index contributed by atoms with van der Waals surface area (Å²) in [7, 11) is 0. The lowest BCUT2D eigenvalue weighted by Crippen LogP contribution is -1.97. The van der Waals surface area contributed by atoms with E-state index in [9.17, 15) is 0 Å². The predicted molar refractivity (Wildman–Crippen MR) is 158 cm³/mol. The molecule has 0 saturated heterocycles. The normalized spacial score (nSPS) is 11.6. The fourth-order valence-electron chi connectivity index (χ4n) is 4.54. The quantitative estimate of drug-likeness (QED) is 0.113. The number of hydrogen-bond donors (Lipinski definition) is 0. The molecule has 2 aromatic carbocycles. The summed E-state index contributed by atoms with van der Waals surface area (Å²) in [5.41, 5.74) is 2.07. The Bertz CT molecular complexity index is 946. The molecule has 3 aromatic rings. The molecule has 0 bridgehead atoms. The number of benzene rings is 2. The molecule has 0 unspecified atom stereocenters. The van der Waals surface area contributed by atoms with Gasteiger partial charge in [-0.1, -0.05) is 127 Å². The number of fused-ring (bicyclic) bond motifs is 1. The van der Waals surface area contributed by atoms with E-state index < -0.39 is 0 Å². The largest absolute Gasteiger partial charge is 0.494 e. The van der Waals surface area contributed by atoms with Gasteiger partial charge in [0.15, 0.2) is 0 Å². The van der Waals surface area contributed by atoms with Crippen LogP contribution in [0.5, 0.6) is 5.75 Å². The van der Waals surface area contributed by atoms with Crippen LogP contribution in [0, 0.1) is 0 Å². The van der Waals surface area contributed by atoms with Crippen LogP contribution < -0.4 is 4.74 Å². The van der Waals surface area contributed by atoms with E-state index in [4.69, 9.17) is 4.74 Å². The summed E-state index contributed by atoms with van der Waals surface area (Å²) < 4.78 is 7.10. The van der Waals surface area contributed by atoms with E-state index >= 15 is 0 Å². The van der Waals surface area contributed by atoms with Crippen LogP contribution in [0.4, 0.5) is 5.13 Å². The highest BCUT2D eigenvalue weighted by molar-refractivity contribution is 7.22. The maximum atomic E-state index is 5.93. The molecule has 0 fully saturated rings. The molecule has 0 aliphatic heterocycles. The summed E-state index contributed by atoms with van der Waals surface area (Å²) in [6, 6.07) is 16.3. The molecule has 0 saturated carbocycles. The van der Waals surface area contributed by atoms with Crippen molar-refractivity contribution in [2.24, 2.45) is 4.99 Å². The molecule has 0 N–H and O–H groups in total. The topological polar surface area (TPSA) is 34.5 Å². The molecule has 0 spiro atoms. The van der Waals surface area contributed by atoms with Crippen molar-refractivity contribution >= 4 is 32.9 Å². The van der Waals surface area contributed by atoms with E-state index in [0.29, 0.717) is 0 Å². The van der Waals surface area contributed by atoms with Crippen LogP contribution in [-0.2, 0) is 0 Å². The Morgan fingerprint density at radius 3 is 1.83 bits per heavy atom. The van der Waals surface area contributed by atoms with Crippen molar-refractivity contribution in [3.05, 3.63) is 54.1 Å². The lowest BCUT2D eigenvalue weighted by Gasteiger charge is -2.06. The summed E-state index contributed by atoms with van der Waals surface area (Å²) in [6.45, 7) is 3.09. The zero-order valence-electron chi connectivity index (χ0n) is 22.4. The van der Waals surface area contributed by atoms with Crippen molar-refractivity contribution in [3.63, 3.8) is 0 Å². The van der Waals surface area contributed by atoms with Crippen molar-refractivity contribution in [3.8, 4) is 5.75 Å². The minimum absolute atomic E-state index is 0.792. The van der Waals surface area contributed by atoms with Gasteiger partial charge in [0.1, 0.15) is 5.75 Å². The van der Waals surface area contributed by atoms with Crippen molar-refractivity contribution in [1.82, 2.24) is 4.98 Å². The molecule has 1 heterocycles. The summed E-state index contributed by atoms with van der Waals surface area (Å²) in [4.78, 5) is 9.09. The third-order valence-corrected chi connectivity index (χ3v) is 7.70. The predicted octanol–water partition coefficient (Wildman–Crippen LogP) is 10.7. The van der Waals surface area contributed by atoms with Gasteiger partial charge in [-0.15, -0.1) is 0 Å². The molecule has 0 aliphatic carbocycles. The molecular formula is C32H46N2OS. The second-order valence-corrected chi connectivity index (χ2v) is 11.0. The number of nitrogens with zero attached hydrogens (tertiary/aromatic N) is 2. The van der Waals surface area contributed by atoms with Gasteiger partial charge >= 0.3 is 0 Å². The number of aromatic nitrogens is 1. The second-order valence-electron chi connectivity index (χ2n) is 9.94. The van der Waals surface area contributed by atoms with Crippen LogP contribution in [0.1, 0.15) is 115 Å². The number of ether oxygens (including phenoxy) is 1. The number of unbranched alkanes of at least 4 members (excludes halogenated alkanes) is 15. The fourth-order valence-corrected chi connectivity index (χ4v) is 5.35. The highest BCUT2D eigenvalue weighted by Gasteiger charge is 2.01. The molecule has 36 heavy (non-hydrogen) atoms. The van der Waals surface area contributed by atoms with E-state index in [1.165, 1.54) is 101 Å². The van der Waals surface area contributed by atoms with Crippen LogP contribution in [0.15, 0.2) is 53.5 Å². The molecule has 0 amide bonds. The Labute approximate surface area is 223 Å². The number of aliphatic imine (C=N–C) groups is 1. The smallest absolute Gasteiger partial charge is 0.210 e. The Morgan fingerprint density at radius 1 is 0.694 bits per heavy atom. The molecule has 3 nitrogen and oxygen atoms in total. The molecule has 4 heteroatoms. The molecule has 0 atom stereocenters. The number of rotatable bonds is 20. The third-order valence-electron chi connectivity index (χ3n) is 6.75. The number of para-hydroxylation sites is 1. The average molecular weight is 507 g/mol. The van der Waals surface area contributed by atoms with Gasteiger partial charge in [0.25, 0.3) is 0 Å². The maximum Gasteiger partial charge on any atom is 0.210 e. The van der Waals surface area contributed by atoms with E-state index in [1.54, 1.807) is 11.3 Å². The zero-order valence-corrected chi connectivity index (χ0v) is 23.2. The molecule has 0 aliphatic rings. The van der Waals surface area contributed by atoms with Crippen molar-refractivity contribution < 1.29 is 4.74 Å². The van der Waals surface area contributed by atoms with Gasteiger partial charge in [-0.25, -0.2) is 9.98 Å². The Kier molecular flexibility index (Phi) is 14.3. The van der Waals surface area contributed by atoms with Gasteiger partial charge in [0.2, 0.25) is 5.13 Å². The van der Waals surface area contributed by atoms with Gasteiger partial charge in [0.05, 0.1) is 16.8 Å².